The first-order chi connectivity index (χ1) is 6.88. The summed E-state index contributed by atoms with van der Waals surface area (Å²) < 4.78 is 0. The van der Waals surface area contributed by atoms with Crippen LogP contribution in [-0.2, 0) is 0 Å². The summed E-state index contributed by atoms with van der Waals surface area (Å²) >= 11 is 17.4. The summed E-state index contributed by atoms with van der Waals surface area (Å²) in [6.07, 6.45) is 0. The molecule has 0 amide bonds. The zero-order chi connectivity index (χ0) is 11.6. The predicted octanol–water partition coefficient (Wildman–Crippen LogP) is 4.44. The van der Waals surface area contributed by atoms with Crippen molar-refractivity contribution in [2.75, 3.05) is 5.88 Å². The second kappa shape index (κ2) is 4.73. The van der Waals surface area contributed by atoms with Crippen LogP contribution in [0, 0.1) is 5.41 Å². The molecule has 0 fully saturated rings. The average Bonchev–Trinajstić information content (AvgIpc) is 2.17. The van der Waals surface area contributed by atoms with Gasteiger partial charge in [-0.2, -0.15) is 0 Å². The maximum absolute atomic E-state index is 12.0. The Balaban J connectivity index is 3.12. The number of benzene rings is 1. The standard InChI is InChI=1S/C11H11Cl3O/c1-11(2,6-12)10(15)8-4-3-7(13)5-9(8)14/h3-5H,6H2,1-2H3. The summed E-state index contributed by atoms with van der Waals surface area (Å²) in [5.41, 5.74) is -0.148. The van der Waals surface area contributed by atoms with Crippen molar-refractivity contribution >= 4 is 40.6 Å². The number of hydrogen-bond acceptors (Lipinski definition) is 1. The van der Waals surface area contributed by atoms with Gasteiger partial charge in [0.15, 0.2) is 5.78 Å². The van der Waals surface area contributed by atoms with E-state index in [1.165, 1.54) is 0 Å². The van der Waals surface area contributed by atoms with Crippen LogP contribution in [0.2, 0.25) is 10.0 Å². The van der Waals surface area contributed by atoms with Crippen LogP contribution in [0.15, 0.2) is 18.2 Å². The third-order valence-corrected chi connectivity index (χ3v) is 3.34. The highest BCUT2D eigenvalue weighted by molar-refractivity contribution is 6.37. The minimum Gasteiger partial charge on any atom is -0.293 e. The molecule has 0 aliphatic carbocycles. The molecule has 0 saturated heterocycles. The molecule has 0 heterocycles. The van der Waals surface area contributed by atoms with Crippen LogP contribution >= 0.6 is 34.8 Å². The summed E-state index contributed by atoms with van der Waals surface area (Å²) in [6.45, 7) is 3.57. The van der Waals surface area contributed by atoms with Crippen molar-refractivity contribution in [1.29, 1.82) is 0 Å². The molecule has 15 heavy (non-hydrogen) atoms. The lowest BCUT2D eigenvalue weighted by Gasteiger charge is -2.20. The SMILES string of the molecule is CC(C)(CCl)C(=O)c1ccc(Cl)cc1Cl. The fourth-order valence-electron chi connectivity index (χ4n) is 1.10. The van der Waals surface area contributed by atoms with Gasteiger partial charge in [0.25, 0.3) is 0 Å². The van der Waals surface area contributed by atoms with Crippen molar-refractivity contribution in [2.24, 2.45) is 5.41 Å². The van der Waals surface area contributed by atoms with Gasteiger partial charge in [-0.15, -0.1) is 11.6 Å². The number of hydrogen-bond donors (Lipinski definition) is 0. The van der Waals surface area contributed by atoms with Crippen LogP contribution < -0.4 is 0 Å². The maximum Gasteiger partial charge on any atom is 0.171 e. The largest absolute Gasteiger partial charge is 0.293 e. The average molecular weight is 266 g/mol. The van der Waals surface area contributed by atoms with Crippen LogP contribution in [-0.4, -0.2) is 11.7 Å². The van der Waals surface area contributed by atoms with Gasteiger partial charge in [0, 0.05) is 21.9 Å². The topological polar surface area (TPSA) is 17.1 Å². The van der Waals surface area contributed by atoms with Crippen LogP contribution in [0.5, 0.6) is 0 Å². The second-order valence-corrected chi connectivity index (χ2v) is 5.08. The smallest absolute Gasteiger partial charge is 0.171 e. The Hall–Kier alpha value is -0.240. The van der Waals surface area contributed by atoms with E-state index in [4.69, 9.17) is 34.8 Å². The molecule has 82 valence electrons. The summed E-state index contributed by atoms with van der Waals surface area (Å²) in [5.74, 6) is 0.185. The first kappa shape index (κ1) is 12.8. The number of alkyl halides is 1. The molecular formula is C11H11Cl3O. The van der Waals surface area contributed by atoms with Crippen molar-refractivity contribution in [2.45, 2.75) is 13.8 Å². The van der Waals surface area contributed by atoms with Crippen LogP contribution in [0.1, 0.15) is 24.2 Å². The lowest BCUT2D eigenvalue weighted by Crippen LogP contribution is -2.26. The highest BCUT2D eigenvalue weighted by Crippen LogP contribution is 2.29. The monoisotopic (exact) mass is 264 g/mol. The quantitative estimate of drug-likeness (QED) is 0.583. The zero-order valence-corrected chi connectivity index (χ0v) is 10.7. The minimum absolute atomic E-state index is 0.0702. The number of Topliss-reactive ketones (excluding diaryl/α,β-unsaturated/α-hetero) is 1. The van der Waals surface area contributed by atoms with Crippen molar-refractivity contribution in [3.8, 4) is 0 Å². The van der Waals surface area contributed by atoms with Crippen molar-refractivity contribution in [3.63, 3.8) is 0 Å². The van der Waals surface area contributed by atoms with Gasteiger partial charge in [-0.1, -0.05) is 37.0 Å². The molecular weight excluding hydrogens is 254 g/mol. The zero-order valence-electron chi connectivity index (χ0n) is 8.48. The Morgan fingerprint density at radius 3 is 2.40 bits per heavy atom. The van der Waals surface area contributed by atoms with Gasteiger partial charge in [0.1, 0.15) is 0 Å². The molecule has 0 radical (unpaired) electrons. The summed E-state index contributed by atoms with van der Waals surface area (Å²) in [6, 6.07) is 4.83. The number of halogens is 3. The van der Waals surface area contributed by atoms with Gasteiger partial charge in [-0.25, -0.2) is 0 Å². The Bertz CT molecular complexity index is 385. The molecule has 0 aliphatic rings. The van der Waals surface area contributed by atoms with Crippen molar-refractivity contribution < 1.29 is 4.79 Å². The fourth-order valence-corrected chi connectivity index (χ4v) is 1.71. The Morgan fingerprint density at radius 2 is 1.93 bits per heavy atom. The van der Waals surface area contributed by atoms with E-state index in [1.54, 1.807) is 32.0 Å². The molecule has 1 aromatic carbocycles. The molecule has 1 rings (SSSR count). The van der Waals surface area contributed by atoms with Gasteiger partial charge in [-0.05, 0) is 18.2 Å². The molecule has 0 spiro atoms. The normalized spacial score (nSPS) is 11.5. The van der Waals surface area contributed by atoms with E-state index in [1.807, 2.05) is 0 Å². The van der Waals surface area contributed by atoms with E-state index in [0.29, 0.717) is 15.6 Å². The first-order valence-electron chi connectivity index (χ1n) is 4.44. The molecule has 0 atom stereocenters. The van der Waals surface area contributed by atoms with Crippen molar-refractivity contribution in [1.82, 2.24) is 0 Å². The Labute approximate surface area is 104 Å². The van der Waals surface area contributed by atoms with Gasteiger partial charge in [0.05, 0.1) is 5.02 Å². The van der Waals surface area contributed by atoms with E-state index in [9.17, 15) is 4.79 Å². The highest BCUT2D eigenvalue weighted by atomic mass is 35.5. The summed E-state index contributed by atoms with van der Waals surface area (Å²) in [7, 11) is 0. The van der Waals surface area contributed by atoms with Crippen LogP contribution in [0.3, 0.4) is 0 Å². The van der Waals surface area contributed by atoms with E-state index in [-0.39, 0.29) is 11.7 Å². The van der Waals surface area contributed by atoms with Gasteiger partial charge < -0.3 is 0 Å². The van der Waals surface area contributed by atoms with E-state index in [0.717, 1.165) is 0 Å². The Morgan fingerprint density at radius 1 is 1.33 bits per heavy atom. The molecule has 0 aliphatic heterocycles. The minimum atomic E-state index is -0.612. The number of carbonyl (C=O) groups excluding carboxylic acids is 1. The van der Waals surface area contributed by atoms with Crippen molar-refractivity contribution in [3.05, 3.63) is 33.8 Å². The highest BCUT2D eigenvalue weighted by Gasteiger charge is 2.28. The lowest BCUT2D eigenvalue weighted by molar-refractivity contribution is 0.0862. The Kier molecular flexibility index (Phi) is 4.05. The third-order valence-electron chi connectivity index (χ3n) is 2.12. The lowest BCUT2D eigenvalue weighted by atomic mass is 9.86. The van der Waals surface area contributed by atoms with Gasteiger partial charge >= 0.3 is 0 Å². The molecule has 1 nitrogen and oxygen atoms in total. The third kappa shape index (κ3) is 2.87. The van der Waals surface area contributed by atoms with E-state index < -0.39 is 5.41 Å². The number of ketones is 1. The van der Waals surface area contributed by atoms with E-state index in [2.05, 4.69) is 0 Å². The molecule has 0 unspecified atom stereocenters. The predicted molar refractivity (Wildman–Crippen MR) is 65.3 cm³/mol. The molecule has 0 N–H and O–H groups in total. The molecule has 0 bridgehead atoms. The maximum atomic E-state index is 12.0. The van der Waals surface area contributed by atoms with E-state index >= 15 is 0 Å². The van der Waals surface area contributed by atoms with Crippen LogP contribution in [0.4, 0.5) is 0 Å². The first-order valence-corrected chi connectivity index (χ1v) is 5.73. The fraction of sp³-hybridized carbons (Fsp3) is 0.364. The molecule has 4 heteroatoms. The molecule has 0 aromatic heterocycles. The molecule has 1 aromatic rings. The van der Waals surface area contributed by atoms with Gasteiger partial charge in [0.2, 0.25) is 0 Å². The van der Waals surface area contributed by atoms with Crippen LogP contribution in [0.25, 0.3) is 0 Å². The summed E-state index contributed by atoms with van der Waals surface area (Å²) in [4.78, 5) is 12.0. The molecule has 0 saturated carbocycles. The van der Waals surface area contributed by atoms with Gasteiger partial charge in [-0.3, -0.25) is 4.79 Å². The number of rotatable bonds is 3. The second-order valence-electron chi connectivity index (χ2n) is 3.97. The summed E-state index contributed by atoms with van der Waals surface area (Å²) in [5, 5.41) is 0.880. The number of carbonyl (C=O) groups is 1.